The summed E-state index contributed by atoms with van der Waals surface area (Å²) < 4.78 is 42.3. The van der Waals surface area contributed by atoms with Crippen molar-refractivity contribution >= 4 is 5.97 Å². The van der Waals surface area contributed by atoms with Crippen LogP contribution in [0.5, 0.6) is 0 Å². The van der Waals surface area contributed by atoms with Gasteiger partial charge in [0.25, 0.3) is 0 Å². The van der Waals surface area contributed by atoms with E-state index in [2.05, 4.69) is 0 Å². The van der Waals surface area contributed by atoms with E-state index in [0.717, 1.165) is 6.42 Å². The third-order valence-corrected chi connectivity index (χ3v) is 3.69. The van der Waals surface area contributed by atoms with Gasteiger partial charge < -0.3 is 9.84 Å². The van der Waals surface area contributed by atoms with Crippen molar-refractivity contribution in [3.63, 3.8) is 0 Å². The van der Waals surface area contributed by atoms with Gasteiger partial charge >= 0.3 is 12.1 Å². The summed E-state index contributed by atoms with van der Waals surface area (Å²) in [4.78, 5) is 13.5. The summed E-state index contributed by atoms with van der Waals surface area (Å²) in [6.45, 7) is 4.66. The molecule has 4 nitrogen and oxygen atoms in total. The highest BCUT2D eigenvalue weighted by atomic mass is 19.4. The predicted octanol–water partition coefficient (Wildman–Crippen LogP) is 1.96. The first-order valence-corrected chi connectivity index (χ1v) is 6.92. The predicted molar refractivity (Wildman–Crippen MR) is 67.1 cm³/mol. The van der Waals surface area contributed by atoms with Crippen molar-refractivity contribution < 1.29 is 27.8 Å². The number of hydrogen-bond acceptors (Lipinski definition) is 4. The maximum atomic E-state index is 12.4. The van der Waals surface area contributed by atoms with Crippen molar-refractivity contribution in [3.05, 3.63) is 0 Å². The molecular formula is C13H22F3NO3. The second-order valence-corrected chi connectivity index (χ2v) is 5.20. The molecule has 1 aliphatic rings. The standard InChI is InChI=1S/C13H22F3NO3/c1-3-8-20-12(19)9(2)17-6-4-10(5-7-17)11(18)13(14,15)16/h9-11,18H,3-8H2,1-2H3. The molecule has 7 heteroatoms. The van der Waals surface area contributed by atoms with E-state index < -0.39 is 24.2 Å². The molecule has 118 valence electrons. The molecule has 0 bridgehead atoms. The fraction of sp³-hybridized carbons (Fsp3) is 0.923. The first-order chi connectivity index (χ1) is 9.27. The molecule has 0 aliphatic carbocycles. The van der Waals surface area contributed by atoms with Crippen molar-refractivity contribution in [2.75, 3.05) is 19.7 Å². The smallest absolute Gasteiger partial charge is 0.414 e. The number of aliphatic hydroxyl groups is 1. The highest BCUT2D eigenvalue weighted by Crippen LogP contribution is 2.32. The molecule has 1 heterocycles. The van der Waals surface area contributed by atoms with E-state index in [9.17, 15) is 23.1 Å². The summed E-state index contributed by atoms with van der Waals surface area (Å²) in [7, 11) is 0. The normalized spacial score (nSPS) is 21.5. The third-order valence-electron chi connectivity index (χ3n) is 3.69. The van der Waals surface area contributed by atoms with E-state index in [4.69, 9.17) is 4.74 Å². The Morgan fingerprint density at radius 3 is 2.40 bits per heavy atom. The van der Waals surface area contributed by atoms with Crippen LogP contribution in [-0.4, -0.2) is 54.0 Å². The van der Waals surface area contributed by atoms with Gasteiger partial charge in [0.2, 0.25) is 0 Å². The minimum Gasteiger partial charge on any atom is -0.465 e. The summed E-state index contributed by atoms with van der Waals surface area (Å²) in [6.07, 6.45) is -5.65. The maximum absolute atomic E-state index is 12.4. The number of piperidine rings is 1. The molecule has 1 fully saturated rings. The van der Waals surface area contributed by atoms with Crippen LogP contribution in [-0.2, 0) is 9.53 Å². The average molecular weight is 297 g/mol. The molecule has 2 unspecified atom stereocenters. The highest BCUT2D eigenvalue weighted by Gasteiger charge is 2.44. The zero-order valence-corrected chi connectivity index (χ0v) is 11.8. The average Bonchev–Trinajstić information content (AvgIpc) is 2.42. The fourth-order valence-corrected chi connectivity index (χ4v) is 2.36. The summed E-state index contributed by atoms with van der Waals surface area (Å²) in [6, 6.07) is -0.453. The van der Waals surface area contributed by atoms with Gasteiger partial charge in [0.15, 0.2) is 6.10 Å². The van der Waals surface area contributed by atoms with Gasteiger partial charge in [0.05, 0.1) is 6.61 Å². The summed E-state index contributed by atoms with van der Waals surface area (Å²) in [5.74, 6) is -1.13. The fourth-order valence-electron chi connectivity index (χ4n) is 2.36. The molecule has 0 aromatic heterocycles. The van der Waals surface area contributed by atoms with Crippen LogP contribution in [0.3, 0.4) is 0 Å². The largest absolute Gasteiger partial charge is 0.465 e. The number of carbonyl (C=O) groups excluding carboxylic acids is 1. The minimum atomic E-state index is -4.57. The Kier molecular flexibility index (Phi) is 6.26. The molecule has 1 saturated heterocycles. The molecule has 0 aromatic rings. The number of likely N-dealkylation sites (tertiary alicyclic amines) is 1. The second-order valence-electron chi connectivity index (χ2n) is 5.20. The monoisotopic (exact) mass is 297 g/mol. The van der Waals surface area contributed by atoms with E-state index in [1.54, 1.807) is 11.8 Å². The van der Waals surface area contributed by atoms with E-state index in [1.807, 2.05) is 6.92 Å². The lowest BCUT2D eigenvalue weighted by Gasteiger charge is -2.36. The zero-order valence-electron chi connectivity index (χ0n) is 11.8. The summed E-state index contributed by atoms with van der Waals surface area (Å²) in [5.41, 5.74) is 0. The van der Waals surface area contributed by atoms with Gasteiger partial charge in [-0.1, -0.05) is 6.92 Å². The lowest BCUT2D eigenvalue weighted by Crippen LogP contribution is -2.48. The number of nitrogens with zero attached hydrogens (tertiary/aromatic N) is 1. The van der Waals surface area contributed by atoms with Crippen molar-refractivity contribution in [2.24, 2.45) is 5.92 Å². The van der Waals surface area contributed by atoms with Crippen LogP contribution in [0.25, 0.3) is 0 Å². The Labute approximate surface area is 116 Å². The van der Waals surface area contributed by atoms with Crippen LogP contribution in [0.1, 0.15) is 33.1 Å². The lowest BCUT2D eigenvalue weighted by molar-refractivity contribution is -0.223. The Morgan fingerprint density at radius 1 is 1.40 bits per heavy atom. The van der Waals surface area contributed by atoms with Crippen LogP contribution in [0.2, 0.25) is 0 Å². The molecule has 20 heavy (non-hydrogen) atoms. The number of ether oxygens (including phenoxy) is 1. The maximum Gasteiger partial charge on any atom is 0.414 e. The molecule has 0 amide bonds. The van der Waals surface area contributed by atoms with E-state index >= 15 is 0 Å². The van der Waals surface area contributed by atoms with Gasteiger partial charge in [0.1, 0.15) is 6.04 Å². The van der Waals surface area contributed by atoms with E-state index in [1.165, 1.54) is 0 Å². The van der Waals surface area contributed by atoms with Crippen LogP contribution < -0.4 is 0 Å². The van der Waals surface area contributed by atoms with Gasteiger partial charge in [-0.2, -0.15) is 13.2 Å². The van der Waals surface area contributed by atoms with Crippen LogP contribution in [0.4, 0.5) is 13.2 Å². The number of alkyl halides is 3. The van der Waals surface area contributed by atoms with Crippen LogP contribution in [0, 0.1) is 5.92 Å². The van der Waals surface area contributed by atoms with Crippen LogP contribution in [0.15, 0.2) is 0 Å². The van der Waals surface area contributed by atoms with Crippen molar-refractivity contribution in [2.45, 2.75) is 51.4 Å². The van der Waals surface area contributed by atoms with E-state index in [0.29, 0.717) is 19.7 Å². The quantitative estimate of drug-likeness (QED) is 0.788. The number of rotatable bonds is 5. The topological polar surface area (TPSA) is 49.8 Å². The third kappa shape index (κ3) is 4.63. The Balaban J connectivity index is 2.44. The van der Waals surface area contributed by atoms with E-state index in [-0.39, 0.29) is 18.8 Å². The molecule has 0 spiro atoms. The Morgan fingerprint density at radius 2 is 1.95 bits per heavy atom. The first kappa shape index (κ1) is 17.2. The number of hydrogen-bond donors (Lipinski definition) is 1. The zero-order chi connectivity index (χ0) is 15.3. The van der Waals surface area contributed by atoms with Crippen molar-refractivity contribution in [1.82, 2.24) is 4.90 Å². The van der Waals surface area contributed by atoms with Crippen molar-refractivity contribution in [3.8, 4) is 0 Å². The molecule has 0 saturated carbocycles. The van der Waals surface area contributed by atoms with Gasteiger partial charge in [-0.3, -0.25) is 9.69 Å². The van der Waals surface area contributed by atoms with Gasteiger partial charge in [0, 0.05) is 0 Å². The Hall–Kier alpha value is -0.820. The second kappa shape index (κ2) is 7.26. The van der Waals surface area contributed by atoms with Gasteiger partial charge in [-0.25, -0.2) is 0 Å². The summed E-state index contributed by atoms with van der Waals surface area (Å²) in [5, 5.41) is 9.23. The lowest BCUT2D eigenvalue weighted by atomic mass is 9.90. The SMILES string of the molecule is CCCOC(=O)C(C)N1CCC(C(O)C(F)(F)F)CC1. The number of carbonyl (C=O) groups is 1. The first-order valence-electron chi connectivity index (χ1n) is 6.92. The number of esters is 1. The molecule has 1 aliphatic heterocycles. The molecule has 1 rings (SSSR count). The molecule has 1 N–H and O–H groups in total. The summed E-state index contributed by atoms with van der Waals surface area (Å²) >= 11 is 0. The molecule has 0 radical (unpaired) electrons. The molecule has 2 atom stereocenters. The number of aliphatic hydroxyl groups excluding tert-OH is 1. The van der Waals surface area contributed by atoms with Gasteiger partial charge in [-0.15, -0.1) is 0 Å². The Bertz CT molecular complexity index is 314. The van der Waals surface area contributed by atoms with Gasteiger partial charge in [-0.05, 0) is 45.2 Å². The molecule has 0 aromatic carbocycles. The number of halogens is 3. The molecular weight excluding hydrogens is 275 g/mol. The van der Waals surface area contributed by atoms with Crippen molar-refractivity contribution in [1.29, 1.82) is 0 Å². The van der Waals surface area contributed by atoms with Crippen LogP contribution >= 0.6 is 0 Å². The minimum absolute atomic E-state index is 0.228. The highest BCUT2D eigenvalue weighted by molar-refractivity contribution is 5.75.